The van der Waals surface area contributed by atoms with E-state index in [0.717, 1.165) is 5.56 Å². The molecule has 0 radical (unpaired) electrons. The van der Waals surface area contributed by atoms with Crippen molar-refractivity contribution in [3.8, 4) is 34.5 Å². The largest absolute Gasteiger partial charge is 0.493 e. The molecule has 372 valence electrons. The number of carbonyl (C=O) groups is 6. The second-order valence-electron chi connectivity index (χ2n) is 17.5. The van der Waals surface area contributed by atoms with Crippen LogP contribution in [0.5, 0.6) is 34.5 Å². The fraction of sp³-hybridized carbons (Fsp3) is 0.500. The lowest BCUT2D eigenvalue weighted by atomic mass is 9.79. The first-order valence-electron chi connectivity index (χ1n) is 22.6. The highest BCUT2D eigenvalue weighted by molar-refractivity contribution is 7.87. The van der Waals surface area contributed by atoms with Gasteiger partial charge in [0.15, 0.2) is 34.9 Å². The number of nitrogens with one attached hydrogen (secondary N) is 1. The number of amides is 4. The molecule has 6 atom stereocenters. The molecule has 3 aromatic carbocycles. The fourth-order valence-electron chi connectivity index (χ4n) is 9.65. The van der Waals surface area contributed by atoms with Gasteiger partial charge in [0.05, 0.1) is 58.8 Å². The third-order valence-corrected chi connectivity index (χ3v) is 14.7. The van der Waals surface area contributed by atoms with Gasteiger partial charge in [-0.2, -0.15) is 8.42 Å². The van der Waals surface area contributed by atoms with Crippen molar-refractivity contribution in [3.63, 3.8) is 0 Å². The summed E-state index contributed by atoms with van der Waals surface area (Å²) in [6.07, 6.45) is 2.05. The molecule has 3 unspecified atom stereocenters. The van der Waals surface area contributed by atoms with Crippen molar-refractivity contribution in [2.45, 2.75) is 100.0 Å². The number of imide groups is 1. The van der Waals surface area contributed by atoms with Crippen LogP contribution in [0.1, 0.15) is 93.4 Å². The van der Waals surface area contributed by atoms with Crippen molar-refractivity contribution < 1.29 is 79.7 Å². The number of methoxy groups -OCH3 is 5. The number of esters is 1. The predicted octanol–water partition coefficient (Wildman–Crippen LogP) is 4.41. The number of nitrogens with zero attached hydrogens (tertiary/aromatic N) is 2. The van der Waals surface area contributed by atoms with Crippen LogP contribution < -0.4 is 33.7 Å². The summed E-state index contributed by atoms with van der Waals surface area (Å²) in [5, 5.41) is 0.801. The molecule has 3 aromatic rings. The van der Waals surface area contributed by atoms with Crippen LogP contribution in [-0.4, -0.2) is 124 Å². The van der Waals surface area contributed by atoms with Crippen molar-refractivity contribution in [1.82, 2.24) is 15.3 Å². The maximum atomic E-state index is 14.5. The zero-order valence-electron chi connectivity index (χ0n) is 39.3. The number of benzene rings is 3. The van der Waals surface area contributed by atoms with Crippen LogP contribution >= 0.6 is 0 Å². The number of hydrogen-bond acceptors (Lipinski definition) is 16. The normalized spacial score (nSPS) is 22.5. The molecular weight excluding hydrogens is 923 g/mol. The van der Waals surface area contributed by atoms with E-state index in [0.29, 0.717) is 91.4 Å². The van der Waals surface area contributed by atoms with Gasteiger partial charge in [0.2, 0.25) is 11.7 Å². The van der Waals surface area contributed by atoms with E-state index in [1.807, 2.05) is 19.1 Å². The molecule has 0 spiro atoms. The summed E-state index contributed by atoms with van der Waals surface area (Å²) < 4.78 is 72.3. The van der Waals surface area contributed by atoms with Crippen LogP contribution in [0.15, 0.2) is 54.6 Å². The molecular formula is C48H57N3O17S. The quantitative estimate of drug-likeness (QED) is 0.0852. The Kier molecular flexibility index (Phi) is 15.0. The molecule has 2 saturated carbocycles. The highest BCUT2D eigenvalue weighted by atomic mass is 32.2. The first-order chi connectivity index (χ1) is 33.0. The van der Waals surface area contributed by atoms with Crippen molar-refractivity contribution in [3.05, 3.63) is 71.3 Å². The highest BCUT2D eigenvalue weighted by Gasteiger charge is 2.80. The van der Waals surface area contributed by atoms with Crippen molar-refractivity contribution in [1.29, 1.82) is 0 Å². The number of rotatable bonds is 21. The lowest BCUT2D eigenvalue weighted by molar-refractivity contribution is -0.204. The Morgan fingerprint density at radius 1 is 0.855 bits per heavy atom. The Balaban J connectivity index is 1.05. The van der Waals surface area contributed by atoms with Gasteiger partial charge in [-0.3, -0.25) is 23.7 Å². The van der Waals surface area contributed by atoms with Gasteiger partial charge in [0.1, 0.15) is 17.9 Å². The van der Waals surface area contributed by atoms with Crippen LogP contribution in [0, 0.1) is 5.41 Å². The van der Waals surface area contributed by atoms with Crippen LogP contribution in [0.3, 0.4) is 0 Å². The number of piperidine rings is 1. The molecule has 2 N–H and O–H groups in total. The summed E-state index contributed by atoms with van der Waals surface area (Å²) in [6, 6.07) is 14.9. The molecule has 2 heterocycles. The van der Waals surface area contributed by atoms with Gasteiger partial charge < -0.3 is 48.2 Å². The zero-order valence-corrected chi connectivity index (χ0v) is 40.1. The standard InChI is InChI=1S/C48H57N3O17S/c1-7-32(30-23-37(63-4)42(65-6)38(24-30)64-5)43(54)50-20-9-8-13-33(50)45(56)67-34(16-14-28-15-17-35(61-2)36(21-28)62-3)29-11-10-12-31(22-29)66-26-40(52)49-48-19-18-47(48,27-48)46(57)68-51-41(53)25-39(44(51)55)69(58,59)60/h10-12,15,17,21-24,32-34,39H,7-9,13-14,16,18-20,25-27H2,1-6H3,(H,49,52)(H,58,59,60)/t32-,33-,34+,39?,47?,48?/m0/s1. The van der Waals surface area contributed by atoms with Crippen LogP contribution in [0.2, 0.25) is 0 Å². The van der Waals surface area contributed by atoms with Gasteiger partial charge in [-0.1, -0.05) is 25.1 Å². The number of likely N-dealkylation sites (tertiary alicyclic amines) is 1. The Labute approximate surface area is 399 Å². The summed E-state index contributed by atoms with van der Waals surface area (Å²) in [7, 11) is 2.66. The maximum Gasteiger partial charge on any atom is 0.341 e. The number of ether oxygens (including phenoxy) is 7. The van der Waals surface area contributed by atoms with E-state index in [1.54, 1.807) is 54.5 Å². The summed E-state index contributed by atoms with van der Waals surface area (Å²) in [4.78, 5) is 86.9. The lowest BCUT2D eigenvalue weighted by Crippen LogP contribution is -2.53. The molecule has 20 nitrogen and oxygen atoms in total. The van der Waals surface area contributed by atoms with Crippen LogP contribution in [0.4, 0.5) is 0 Å². The van der Waals surface area contributed by atoms with Crippen molar-refractivity contribution in [2.24, 2.45) is 5.41 Å². The monoisotopic (exact) mass is 979 g/mol. The molecule has 4 fully saturated rings. The molecule has 0 bridgehead atoms. The van der Waals surface area contributed by atoms with Gasteiger partial charge in [0, 0.05) is 6.54 Å². The van der Waals surface area contributed by atoms with E-state index >= 15 is 0 Å². The first-order valence-corrected chi connectivity index (χ1v) is 24.1. The summed E-state index contributed by atoms with van der Waals surface area (Å²) >= 11 is 0. The average Bonchev–Trinajstić information content (AvgIpc) is 3.66. The molecule has 21 heteroatoms. The maximum absolute atomic E-state index is 14.5. The molecule has 0 aromatic heterocycles. The first kappa shape index (κ1) is 50.3. The Morgan fingerprint density at radius 3 is 2.17 bits per heavy atom. The number of aryl methyl sites for hydroxylation is 1. The van der Waals surface area contributed by atoms with Crippen molar-refractivity contribution in [2.75, 3.05) is 48.7 Å². The Hall–Kier alpha value is -6.61. The van der Waals surface area contributed by atoms with Gasteiger partial charge in [-0.15, -0.1) is 5.06 Å². The van der Waals surface area contributed by atoms with Crippen LogP contribution in [0.25, 0.3) is 0 Å². The number of hydroxylamine groups is 2. The molecule has 4 amide bonds. The topological polar surface area (TPSA) is 249 Å². The molecule has 2 saturated heterocycles. The van der Waals surface area contributed by atoms with Gasteiger partial charge >= 0.3 is 11.9 Å². The van der Waals surface area contributed by atoms with Crippen LogP contribution in [-0.2, 0) is 54.9 Å². The molecule has 2 aliphatic heterocycles. The second-order valence-corrected chi connectivity index (χ2v) is 19.1. The molecule has 4 aliphatic rings. The summed E-state index contributed by atoms with van der Waals surface area (Å²) in [5.41, 5.74) is -0.185. The van der Waals surface area contributed by atoms with E-state index in [-0.39, 0.29) is 29.6 Å². The second kappa shape index (κ2) is 20.5. The minimum atomic E-state index is -4.91. The van der Waals surface area contributed by atoms with Gasteiger partial charge in [-0.25, -0.2) is 9.59 Å². The molecule has 2 aliphatic carbocycles. The minimum Gasteiger partial charge on any atom is -0.493 e. The SMILES string of the molecule is CC[C@H](C(=O)N1CCCC[C@H]1C(=O)O[C@H](CCc1ccc(OC)c(OC)c1)c1cccc(OCC(=O)NC23CCC2(C(=O)ON2C(=O)CC(S(=O)(=O)O)C2=O)C3)c1)c1cc(OC)c(OC)c(OC)c1. The summed E-state index contributed by atoms with van der Waals surface area (Å²) in [6.45, 7) is 1.77. The number of carbonyl (C=O) groups excluding carboxylic acids is 6. The fourth-order valence-corrected chi connectivity index (χ4v) is 10.4. The van der Waals surface area contributed by atoms with Gasteiger partial charge in [0.25, 0.3) is 27.8 Å². The van der Waals surface area contributed by atoms with E-state index in [1.165, 1.54) is 28.4 Å². The van der Waals surface area contributed by atoms with Gasteiger partial charge in [-0.05, 0) is 111 Å². The number of fused-ring (bicyclic) bond motifs is 1. The number of hydrogen-bond donors (Lipinski definition) is 2. The Morgan fingerprint density at radius 2 is 1.57 bits per heavy atom. The third kappa shape index (κ3) is 10.1. The zero-order chi connectivity index (χ0) is 49.8. The predicted molar refractivity (Wildman–Crippen MR) is 242 cm³/mol. The van der Waals surface area contributed by atoms with E-state index in [9.17, 15) is 41.7 Å². The van der Waals surface area contributed by atoms with E-state index in [2.05, 4.69) is 5.32 Å². The minimum absolute atomic E-state index is 0.0549. The lowest BCUT2D eigenvalue weighted by Gasteiger charge is -2.37. The van der Waals surface area contributed by atoms with E-state index in [4.69, 9.17) is 38.0 Å². The average molecular weight is 980 g/mol. The molecule has 7 rings (SSSR count). The Bertz CT molecular complexity index is 2580. The molecule has 69 heavy (non-hydrogen) atoms. The van der Waals surface area contributed by atoms with Crippen molar-refractivity contribution >= 4 is 45.7 Å². The third-order valence-electron chi connectivity index (χ3n) is 13.6. The smallest absolute Gasteiger partial charge is 0.341 e. The highest BCUT2D eigenvalue weighted by Crippen LogP contribution is 2.71. The summed E-state index contributed by atoms with van der Waals surface area (Å²) in [5.74, 6) is -2.96. The van der Waals surface area contributed by atoms with E-state index < -0.39 is 87.1 Å².